The van der Waals surface area contributed by atoms with E-state index in [1.165, 1.54) is 0 Å². The predicted molar refractivity (Wildman–Crippen MR) is 78.9 cm³/mol. The molecule has 5 heteroatoms. The van der Waals surface area contributed by atoms with Gasteiger partial charge in [-0.25, -0.2) is 0 Å². The summed E-state index contributed by atoms with van der Waals surface area (Å²) in [5.74, 6) is -0.174. The SMILES string of the molecule is CCOC(=O)CC(C)NCCc1ccc(Cl)cc1Cl. The normalized spacial score (nSPS) is 12.2. The Hall–Kier alpha value is -0.770. The van der Waals surface area contributed by atoms with E-state index in [2.05, 4.69) is 5.32 Å². The average molecular weight is 304 g/mol. The number of nitrogens with one attached hydrogen (secondary N) is 1. The van der Waals surface area contributed by atoms with Crippen molar-refractivity contribution in [1.29, 1.82) is 0 Å². The van der Waals surface area contributed by atoms with Gasteiger partial charge in [0.1, 0.15) is 0 Å². The lowest BCUT2D eigenvalue weighted by Crippen LogP contribution is -2.30. The molecule has 0 heterocycles. The van der Waals surface area contributed by atoms with Crippen molar-refractivity contribution in [3.8, 4) is 0 Å². The molecule has 0 aliphatic rings. The fourth-order valence-electron chi connectivity index (χ4n) is 1.72. The van der Waals surface area contributed by atoms with Crippen LogP contribution in [-0.4, -0.2) is 25.2 Å². The Labute approximate surface area is 124 Å². The number of carbonyl (C=O) groups is 1. The van der Waals surface area contributed by atoms with Crippen molar-refractivity contribution in [2.24, 2.45) is 0 Å². The number of carbonyl (C=O) groups excluding carboxylic acids is 1. The topological polar surface area (TPSA) is 38.3 Å². The molecular weight excluding hydrogens is 285 g/mol. The van der Waals surface area contributed by atoms with Crippen molar-refractivity contribution in [1.82, 2.24) is 5.32 Å². The van der Waals surface area contributed by atoms with E-state index in [0.29, 0.717) is 23.1 Å². The molecule has 0 aliphatic heterocycles. The molecular formula is C14H19Cl2NO2. The quantitative estimate of drug-likeness (QED) is 0.784. The Bertz CT molecular complexity index is 424. The van der Waals surface area contributed by atoms with Gasteiger partial charge < -0.3 is 10.1 Å². The molecule has 0 fully saturated rings. The highest BCUT2D eigenvalue weighted by Gasteiger charge is 2.09. The van der Waals surface area contributed by atoms with Gasteiger partial charge >= 0.3 is 5.97 Å². The number of rotatable bonds is 7. The number of hydrogen-bond acceptors (Lipinski definition) is 3. The van der Waals surface area contributed by atoms with Crippen molar-refractivity contribution < 1.29 is 9.53 Å². The van der Waals surface area contributed by atoms with E-state index in [-0.39, 0.29) is 12.0 Å². The summed E-state index contributed by atoms with van der Waals surface area (Å²) in [6.07, 6.45) is 1.17. The van der Waals surface area contributed by atoms with Crippen LogP contribution in [0.5, 0.6) is 0 Å². The summed E-state index contributed by atoms with van der Waals surface area (Å²) in [5.41, 5.74) is 1.04. The molecule has 0 saturated carbocycles. The van der Waals surface area contributed by atoms with Gasteiger partial charge in [-0.3, -0.25) is 4.79 Å². The summed E-state index contributed by atoms with van der Waals surface area (Å²) in [4.78, 5) is 11.3. The third-order valence-corrected chi connectivity index (χ3v) is 3.27. The van der Waals surface area contributed by atoms with Crippen LogP contribution in [0.15, 0.2) is 18.2 Å². The summed E-state index contributed by atoms with van der Waals surface area (Å²) >= 11 is 11.9. The summed E-state index contributed by atoms with van der Waals surface area (Å²) < 4.78 is 4.89. The first kappa shape index (κ1) is 16.3. The number of esters is 1. The first-order valence-corrected chi connectivity index (χ1v) is 7.11. The zero-order valence-corrected chi connectivity index (χ0v) is 12.7. The number of hydrogen-bond donors (Lipinski definition) is 1. The van der Waals surface area contributed by atoms with Crippen LogP contribution in [0, 0.1) is 0 Å². The molecule has 0 saturated heterocycles. The smallest absolute Gasteiger partial charge is 0.307 e. The minimum absolute atomic E-state index is 0.0881. The highest BCUT2D eigenvalue weighted by molar-refractivity contribution is 6.35. The van der Waals surface area contributed by atoms with Crippen LogP contribution >= 0.6 is 23.2 Å². The maximum atomic E-state index is 11.3. The predicted octanol–water partition coefficient (Wildman–Crippen LogP) is 3.47. The van der Waals surface area contributed by atoms with Crippen LogP contribution in [0.25, 0.3) is 0 Å². The van der Waals surface area contributed by atoms with Crippen molar-refractivity contribution in [3.05, 3.63) is 33.8 Å². The molecule has 0 amide bonds. The van der Waals surface area contributed by atoms with Crippen LogP contribution in [0.4, 0.5) is 0 Å². The lowest BCUT2D eigenvalue weighted by molar-refractivity contribution is -0.143. The van der Waals surface area contributed by atoms with E-state index in [9.17, 15) is 4.79 Å². The average Bonchev–Trinajstić information content (AvgIpc) is 2.32. The Morgan fingerprint density at radius 3 is 2.79 bits per heavy atom. The van der Waals surface area contributed by atoms with Gasteiger partial charge in [-0.2, -0.15) is 0 Å². The fraction of sp³-hybridized carbons (Fsp3) is 0.500. The molecule has 0 spiro atoms. The zero-order valence-electron chi connectivity index (χ0n) is 11.2. The summed E-state index contributed by atoms with van der Waals surface area (Å²) in [6, 6.07) is 5.57. The van der Waals surface area contributed by atoms with Crippen LogP contribution in [-0.2, 0) is 16.0 Å². The van der Waals surface area contributed by atoms with E-state index >= 15 is 0 Å². The Morgan fingerprint density at radius 1 is 1.42 bits per heavy atom. The molecule has 106 valence electrons. The standard InChI is InChI=1S/C14H19Cl2NO2/c1-3-19-14(18)8-10(2)17-7-6-11-4-5-12(15)9-13(11)16/h4-5,9-10,17H,3,6-8H2,1-2H3. The van der Waals surface area contributed by atoms with Crippen molar-refractivity contribution >= 4 is 29.2 Å². The maximum Gasteiger partial charge on any atom is 0.307 e. The first-order valence-electron chi connectivity index (χ1n) is 6.35. The Morgan fingerprint density at radius 2 is 2.16 bits per heavy atom. The second-order valence-electron chi connectivity index (χ2n) is 4.35. The third-order valence-electron chi connectivity index (χ3n) is 2.68. The summed E-state index contributed by atoms with van der Waals surface area (Å²) in [6.45, 7) is 4.94. The van der Waals surface area contributed by atoms with Crippen LogP contribution < -0.4 is 5.32 Å². The van der Waals surface area contributed by atoms with Gasteiger partial charge in [-0.05, 0) is 44.5 Å². The molecule has 1 aromatic rings. The van der Waals surface area contributed by atoms with Crippen molar-refractivity contribution in [3.63, 3.8) is 0 Å². The molecule has 1 unspecified atom stereocenters. The maximum absolute atomic E-state index is 11.3. The highest BCUT2D eigenvalue weighted by Crippen LogP contribution is 2.21. The van der Waals surface area contributed by atoms with Gasteiger partial charge in [0.2, 0.25) is 0 Å². The largest absolute Gasteiger partial charge is 0.466 e. The second-order valence-corrected chi connectivity index (χ2v) is 5.19. The molecule has 1 N–H and O–H groups in total. The van der Waals surface area contributed by atoms with E-state index in [4.69, 9.17) is 27.9 Å². The minimum atomic E-state index is -0.174. The lowest BCUT2D eigenvalue weighted by atomic mass is 10.1. The van der Waals surface area contributed by atoms with E-state index in [1.54, 1.807) is 13.0 Å². The van der Waals surface area contributed by atoms with Crippen molar-refractivity contribution in [2.45, 2.75) is 32.7 Å². The fourth-order valence-corrected chi connectivity index (χ4v) is 2.22. The number of ether oxygens (including phenoxy) is 1. The molecule has 0 radical (unpaired) electrons. The summed E-state index contributed by atoms with van der Waals surface area (Å²) in [7, 11) is 0. The van der Waals surface area contributed by atoms with Gasteiger partial charge in [0.25, 0.3) is 0 Å². The molecule has 3 nitrogen and oxygen atoms in total. The minimum Gasteiger partial charge on any atom is -0.466 e. The molecule has 0 bridgehead atoms. The Balaban J connectivity index is 2.31. The van der Waals surface area contributed by atoms with E-state index in [0.717, 1.165) is 18.5 Å². The van der Waals surface area contributed by atoms with E-state index in [1.807, 2.05) is 19.1 Å². The number of benzene rings is 1. The molecule has 0 aliphatic carbocycles. The van der Waals surface area contributed by atoms with Gasteiger partial charge in [-0.15, -0.1) is 0 Å². The molecule has 1 rings (SSSR count). The third kappa shape index (κ3) is 6.28. The van der Waals surface area contributed by atoms with Gasteiger partial charge in [-0.1, -0.05) is 29.3 Å². The first-order chi connectivity index (χ1) is 9.02. The van der Waals surface area contributed by atoms with Crippen LogP contribution in [0.1, 0.15) is 25.8 Å². The molecule has 0 aromatic heterocycles. The molecule has 1 atom stereocenters. The zero-order chi connectivity index (χ0) is 14.3. The van der Waals surface area contributed by atoms with Crippen LogP contribution in [0.2, 0.25) is 10.0 Å². The summed E-state index contributed by atoms with van der Waals surface area (Å²) in [5, 5.41) is 4.58. The Kier molecular flexibility index (Phi) is 7.21. The molecule has 1 aromatic carbocycles. The lowest BCUT2D eigenvalue weighted by Gasteiger charge is -2.13. The van der Waals surface area contributed by atoms with E-state index < -0.39 is 0 Å². The van der Waals surface area contributed by atoms with Gasteiger partial charge in [0, 0.05) is 16.1 Å². The van der Waals surface area contributed by atoms with Gasteiger partial charge in [0.15, 0.2) is 0 Å². The highest BCUT2D eigenvalue weighted by atomic mass is 35.5. The molecule has 19 heavy (non-hydrogen) atoms. The van der Waals surface area contributed by atoms with Crippen molar-refractivity contribution in [2.75, 3.05) is 13.2 Å². The van der Waals surface area contributed by atoms with Crippen LogP contribution in [0.3, 0.4) is 0 Å². The monoisotopic (exact) mass is 303 g/mol. The van der Waals surface area contributed by atoms with Gasteiger partial charge in [0.05, 0.1) is 13.0 Å². The second kappa shape index (κ2) is 8.41. The number of halogens is 2.